The van der Waals surface area contributed by atoms with Crippen LogP contribution in [0.1, 0.15) is 34.8 Å². The maximum Gasteiger partial charge on any atom is 0.226 e. The molecule has 0 saturated carbocycles. The van der Waals surface area contributed by atoms with E-state index in [1.54, 1.807) is 22.8 Å². The van der Waals surface area contributed by atoms with Gasteiger partial charge in [0.1, 0.15) is 0 Å². The number of hydrogen-bond donors (Lipinski definition) is 0. The summed E-state index contributed by atoms with van der Waals surface area (Å²) in [5.74, 6) is 0.165. The molecule has 0 spiro atoms. The van der Waals surface area contributed by atoms with Crippen molar-refractivity contribution in [1.82, 2.24) is 9.78 Å². The third-order valence-electron chi connectivity index (χ3n) is 4.90. The van der Waals surface area contributed by atoms with E-state index < -0.39 is 0 Å². The molecule has 0 bridgehead atoms. The smallest absolute Gasteiger partial charge is 0.226 e. The highest BCUT2D eigenvalue weighted by atomic mass is 16.2. The molecule has 0 saturated heterocycles. The van der Waals surface area contributed by atoms with E-state index in [9.17, 15) is 9.59 Å². The molecule has 5 heteroatoms. The molecule has 0 unspecified atom stereocenters. The Labute approximate surface area is 165 Å². The zero-order valence-corrected chi connectivity index (χ0v) is 16.8. The molecule has 5 nitrogen and oxygen atoms in total. The number of carbonyl (C=O) groups is 2. The highest BCUT2D eigenvalue weighted by Crippen LogP contribution is 2.27. The van der Waals surface area contributed by atoms with Gasteiger partial charge < -0.3 is 4.90 Å². The number of nitrogens with zero attached hydrogens (tertiary/aromatic N) is 3. The van der Waals surface area contributed by atoms with E-state index in [1.807, 2.05) is 63.5 Å². The number of hydrogen-bond acceptors (Lipinski definition) is 3. The molecule has 1 heterocycles. The van der Waals surface area contributed by atoms with Crippen LogP contribution < -0.4 is 4.90 Å². The SMILES string of the molecule is CCC(=O)N(C)c1ccc(-c2ccc(C(=O)Cc3cnn(C)c3)cc2)cc1C. The number of carbonyl (C=O) groups excluding carboxylic acids is 2. The van der Waals surface area contributed by atoms with Gasteiger partial charge >= 0.3 is 0 Å². The Bertz CT molecular complexity index is 1000. The van der Waals surface area contributed by atoms with Crippen LogP contribution >= 0.6 is 0 Å². The summed E-state index contributed by atoms with van der Waals surface area (Å²) in [5, 5.41) is 4.10. The van der Waals surface area contributed by atoms with E-state index in [0.717, 1.165) is 27.9 Å². The second kappa shape index (κ2) is 8.21. The van der Waals surface area contributed by atoms with Crippen LogP contribution in [0.3, 0.4) is 0 Å². The average Bonchev–Trinajstić information content (AvgIpc) is 3.11. The summed E-state index contributed by atoms with van der Waals surface area (Å²) < 4.78 is 1.70. The van der Waals surface area contributed by atoms with Crippen molar-refractivity contribution in [2.75, 3.05) is 11.9 Å². The first-order chi connectivity index (χ1) is 13.4. The minimum absolute atomic E-state index is 0.0748. The lowest BCUT2D eigenvalue weighted by molar-refractivity contribution is -0.118. The molecule has 28 heavy (non-hydrogen) atoms. The van der Waals surface area contributed by atoms with Gasteiger partial charge in [-0.1, -0.05) is 37.3 Å². The fraction of sp³-hybridized carbons (Fsp3) is 0.261. The lowest BCUT2D eigenvalue weighted by Gasteiger charge is -2.19. The molecule has 0 atom stereocenters. The third kappa shape index (κ3) is 4.19. The van der Waals surface area contributed by atoms with Crippen LogP contribution in [0.2, 0.25) is 0 Å². The first kappa shape index (κ1) is 19.5. The van der Waals surface area contributed by atoms with Crippen LogP contribution in [0.25, 0.3) is 11.1 Å². The fourth-order valence-corrected chi connectivity index (χ4v) is 3.28. The second-order valence-corrected chi connectivity index (χ2v) is 7.01. The normalized spacial score (nSPS) is 10.7. The van der Waals surface area contributed by atoms with Crippen molar-refractivity contribution in [3.05, 3.63) is 71.5 Å². The largest absolute Gasteiger partial charge is 0.315 e. The minimum atomic E-state index is 0.0748. The zero-order chi connectivity index (χ0) is 20.3. The number of Topliss-reactive ketones (excluding diaryl/α,β-unsaturated/α-hetero) is 1. The first-order valence-corrected chi connectivity index (χ1v) is 9.37. The molecule has 2 aromatic carbocycles. The molecule has 0 aliphatic carbocycles. The van der Waals surface area contributed by atoms with Gasteiger partial charge in [0, 0.05) is 44.4 Å². The van der Waals surface area contributed by atoms with Crippen molar-refractivity contribution in [3.63, 3.8) is 0 Å². The van der Waals surface area contributed by atoms with Crippen LogP contribution in [-0.2, 0) is 18.3 Å². The number of amides is 1. The maximum absolute atomic E-state index is 12.5. The van der Waals surface area contributed by atoms with Crippen LogP contribution in [0, 0.1) is 6.92 Å². The number of ketones is 1. The molecule has 1 amide bonds. The highest BCUT2D eigenvalue weighted by Gasteiger charge is 2.12. The van der Waals surface area contributed by atoms with Crippen molar-refractivity contribution in [1.29, 1.82) is 0 Å². The first-order valence-electron chi connectivity index (χ1n) is 9.37. The van der Waals surface area contributed by atoms with Gasteiger partial charge in [-0.25, -0.2) is 0 Å². The van der Waals surface area contributed by atoms with Crippen molar-refractivity contribution in [2.24, 2.45) is 7.05 Å². The summed E-state index contributed by atoms with van der Waals surface area (Å²) in [7, 11) is 3.64. The quantitative estimate of drug-likeness (QED) is 0.607. The molecule has 0 N–H and O–H groups in total. The predicted octanol–water partition coefficient (Wildman–Crippen LogP) is 4.19. The average molecular weight is 375 g/mol. The lowest BCUT2D eigenvalue weighted by atomic mass is 9.98. The number of rotatable bonds is 6. The fourth-order valence-electron chi connectivity index (χ4n) is 3.28. The Morgan fingerprint density at radius 3 is 2.32 bits per heavy atom. The molecule has 3 aromatic rings. The van der Waals surface area contributed by atoms with Gasteiger partial charge in [-0.05, 0) is 41.3 Å². The molecule has 0 fully saturated rings. The van der Waals surface area contributed by atoms with Gasteiger partial charge in [0.2, 0.25) is 5.91 Å². The summed E-state index contributed by atoms with van der Waals surface area (Å²) >= 11 is 0. The standard InChI is InChI=1S/C23H25N3O2/c1-5-23(28)26(4)21-11-10-20(12-16(21)2)18-6-8-19(9-7-18)22(27)13-17-14-24-25(3)15-17/h6-12,14-15H,5,13H2,1-4H3. The van der Waals surface area contributed by atoms with Crippen molar-refractivity contribution >= 4 is 17.4 Å². The van der Waals surface area contributed by atoms with E-state index in [-0.39, 0.29) is 11.7 Å². The van der Waals surface area contributed by atoms with Gasteiger partial charge in [-0.2, -0.15) is 5.10 Å². The highest BCUT2D eigenvalue weighted by molar-refractivity contribution is 5.98. The molecule has 0 aliphatic rings. The Morgan fingerprint density at radius 2 is 1.75 bits per heavy atom. The van der Waals surface area contributed by atoms with E-state index in [4.69, 9.17) is 0 Å². The topological polar surface area (TPSA) is 55.2 Å². The van der Waals surface area contributed by atoms with E-state index >= 15 is 0 Å². The Balaban J connectivity index is 1.77. The van der Waals surface area contributed by atoms with Gasteiger partial charge in [0.05, 0.1) is 6.20 Å². The van der Waals surface area contributed by atoms with Crippen LogP contribution in [0.15, 0.2) is 54.9 Å². The Hall–Kier alpha value is -3.21. The minimum Gasteiger partial charge on any atom is -0.315 e. The van der Waals surface area contributed by atoms with E-state index in [2.05, 4.69) is 11.2 Å². The van der Waals surface area contributed by atoms with Crippen LogP contribution in [0.4, 0.5) is 5.69 Å². The molecule has 0 aliphatic heterocycles. The van der Waals surface area contributed by atoms with Crippen molar-refractivity contribution in [3.8, 4) is 11.1 Å². The molecule has 1 aromatic heterocycles. The van der Waals surface area contributed by atoms with Crippen molar-refractivity contribution in [2.45, 2.75) is 26.7 Å². The second-order valence-electron chi connectivity index (χ2n) is 7.01. The summed E-state index contributed by atoms with van der Waals surface area (Å²) in [4.78, 5) is 26.1. The summed E-state index contributed by atoms with van der Waals surface area (Å²) in [5.41, 5.74) is 5.65. The van der Waals surface area contributed by atoms with Crippen molar-refractivity contribution < 1.29 is 9.59 Å². The molecule has 0 radical (unpaired) electrons. The van der Waals surface area contributed by atoms with Gasteiger partial charge in [0.15, 0.2) is 5.78 Å². The summed E-state index contributed by atoms with van der Waals surface area (Å²) in [6.45, 7) is 3.86. The zero-order valence-electron chi connectivity index (χ0n) is 16.8. The number of benzene rings is 2. The number of aromatic nitrogens is 2. The van der Waals surface area contributed by atoms with Gasteiger partial charge in [0.25, 0.3) is 0 Å². The molecule has 144 valence electrons. The molecular weight excluding hydrogens is 350 g/mol. The Kier molecular flexibility index (Phi) is 5.73. The lowest BCUT2D eigenvalue weighted by Crippen LogP contribution is -2.25. The predicted molar refractivity (Wildman–Crippen MR) is 112 cm³/mol. The van der Waals surface area contributed by atoms with Gasteiger partial charge in [-0.15, -0.1) is 0 Å². The summed E-state index contributed by atoms with van der Waals surface area (Å²) in [6, 6.07) is 13.7. The number of aryl methyl sites for hydroxylation is 2. The number of anilines is 1. The summed E-state index contributed by atoms with van der Waals surface area (Å²) in [6.07, 6.45) is 4.40. The Morgan fingerprint density at radius 1 is 1.07 bits per heavy atom. The van der Waals surface area contributed by atoms with Crippen LogP contribution in [-0.4, -0.2) is 28.5 Å². The molecule has 3 rings (SSSR count). The molecular formula is C23H25N3O2. The monoisotopic (exact) mass is 375 g/mol. The maximum atomic E-state index is 12.5. The van der Waals surface area contributed by atoms with Crippen LogP contribution in [0.5, 0.6) is 0 Å². The van der Waals surface area contributed by atoms with Gasteiger partial charge in [-0.3, -0.25) is 14.3 Å². The van der Waals surface area contributed by atoms with E-state index in [0.29, 0.717) is 18.4 Å². The van der Waals surface area contributed by atoms with E-state index in [1.165, 1.54) is 0 Å². The third-order valence-corrected chi connectivity index (χ3v) is 4.90.